The van der Waals surface area contributed by atoms with Crippen LogP contribution in [-0.2, 0) is 5.92 Å². The van der Waals surface area contributed by atoms with E-state index < -0.39 is 29.0 Å². The Hall–Kier alpha value is -2.43. The van der Waals surface area contributed by atoms with Crippen LogP contribution in [0.2, 0.25) is 0 Å². The zero-order valence-corrected chi connectivity index (χ0v) is 12.7. The Morgan fingerprint density at radius 3 is 2.46 bits per heavy atom. The molecular formula is C13H10F5N3O2S. The summed E-state index contributed by atoms with van der Waals surface area (Å²) < 4.78 is 63.0. The summed E-state index contributed by atoms with van der Waals surface area (Å²) in [6, 6.07) is 3.21. The van der Waals surface area contributed by atoms with Crippen LogP contribution in [-0.4, -0.2) is 22.3 Å². The summed E-state index contributed by atoms with van der Waals surface area (Å²) in [4.78, 5) is 14.9. The molecule has 2 rings (SSSR count). The van der Waals surface area contributed by atoms with E-state index in [0.717, 1.165) is 0 Å². The molecule has 0 aliphatic carbocycles. The van der Waals surface area contributed by atoms with Gasteiger partial charge in [-0.2, -0.15) is 22.0 Å². The lowest BCUT2D eigenvalue weighted by molar-refractivity contribution is -0.290. The first-order valence-corrected chi connectivity index (χ1v) is 7.17. The molecule has 130 valence electrons. The predicted molar refractivity (Wildman–Crippen MR) is 77.5 cm³/mol. The van der Waals surface area contributed by atoms with Crippen molar-refractivity contribution >= 4 is 28.2 Å². The van der Waals surface area contributed by atoms with Crippen molar-refractivity contribution < 1.29 is 31.9 Å². The van der Waals surface area contributed by atoms with Crippen LogP contribution < -0.4 is 10.6 Å². The molecule has 0 saturated carbocycles. The number of nitrogens with one attached hydrogen (secondary N) is 2. The number of halogens is 5. The Balaban J connectivity index is 2.08. The third kappa shape index (κ3) is 3.72. The van der Waals surface area contributed by atoms with Gasteiger partial charge in [0, 0.05) is 11.1 Å². The first-order valence-electron chi connectivity index (χ1n) is 6.29. The number of carbonyl (C=O) groups excluding carboxylic acids is 1. The van der Waals surface area contributed by atoms with E-state index >= 15 is 0 Å². The predicted octanol–water partition coefficient (Wildman–Crippen LogP) is 4.46. The van der Waals surface area contributed by atoms with Gasteiger partial charge in [0.2, 0.25) is 0 Å². The Kier molecular flexibility index (Phi) is 4.65. The molecule has 1 heterocycles. The van der Waals surface area contributed by atoms with E-state index in [1.165, 1.54) is 18.2 Å². The maximum absolute atomic E-state index is 13.1. The molecule has 1 aromatic heterocycles. The number of carbonyl (C=O) groups is 1. The molecule has 11 heteroatoms. The zero-order chi connectivity index (χ0) is 18.1. The Bertz CT molecular complexity index is 760. The van der Waals surface area contributed by atoms with Gasteiger partial charge in [-0.05, 0) is 30.7 Å². The number of alkyl halides is 5. The number of aryl methyl sites for hydroxylation is 1. The van der Waals surface area contributed by atoms with Crippen LogP contribution in [0.3, 0.4) is 0 Å². The Morgan fingerprint density at radius 1 is 1.21 bits per heavy atom. The fourth-order valence-corrected chi connectivity index (χ4v) is 2.39. The highest BCUT2D eigenvalue weighted by atomic mass is 32.1. The van der Waals surface area contributed by atoms with Gasteiger partial charge in [0.25, 0.3) is 0 Å². The highest BCUT2D eigenvalue weighted by Gasteiger charge is 2.60. The number of rotatable bonds is 3. The van der Waals surface area contributed by atoms with Gasteiger partial charge in [-0.25, -0.2) is 9.78 Å². The summed E-state index contributed by atoms with van der Waals surface area (Å²) in [5.41, 5.74) is -0.646. The molecule has 0 unspecified atom stereocenters. The lowest BCUT2D eigenvalue weighted by Crippen LogP contribution is -2.34. The number of benzene rings is 1. The molecule has 0 saturated heterocycles. The number of hydrogen-bond donors (Lipinski definition) is 3. The number of aromatic hydroxyl groups is 1. The molecule has 2 amide bonds. The molecule has 1 aromatic carbocycles. The topological polar surface area (TPSA) is 74.2 Å². The fourth-order valence-electron chi connectivity index (χ4n) is 1.66. The summed E-state index contributed by atoms with van der Waals surface area (Å²) in [6.45, 7) is 1.60. The van der Waals surface area contributed by atoms with Gasteiger partial charge in [0.1, 0.15) is 11.4 Å². The highest BCUT2D eigenvalue weighted by molar-refractivity contribution is 7.14. The summed E-state index contributed by atoms with van der Waals surface area (Å²) in [5.74, 6) is -5.12. The van der Waals surface area contributed by atoms with Crippen molar-refractivity contribution in [1.29, 1.82) is 0 Å². The molecule has 0 fully saturated rings. The third-order valence-corrected chi connectivity index (χ3v) is 3.62. The number of hydrogen-bond acceptors (Lipinski definition) is 4. The molecule has 0 bridgehead atoms. The molecule has 0 aliphatic rings. The Morgan fingerprint density at radius 2 is 1.88 bits per heavy atom. The summed E-state index contributed by atoms with van der Waals surface area (Å²) in [6.07, 6.45) is -5.77. The van der Waals surface area contributed by atoms with Gasteiger partial charge >= 0.3 is 18.1 Å². The molecule has 3 N–H and O–H groups in total. The SMILES string of the molecule is Cc1cc(O)ccc1NC(=O)Nc1nc(C(F)(F)C(F)(F)F)cs1. The minimum atomic E-state index is -5.77. The van der Waals surface area contributed by atoms with Gasteiger partial charge < -0.3 is 10.4 Å². The number of amides is 2. The van der Waals surface area contributed by atoms with Crippen molar-refractivity contribution in [2.24, 2.45) is 0 Å². The van der Waals surface area contributed by atoms with E-state index in [1.54, 1.807) is 6.92 Å². The monoisotopic (exact) mass is 367 g/mol. The normalized spacial score (nSPS) is 12.1. The van der Waals surface area contributed by atoms with E-state index in [0.29, 0.717) is 28.0 Å². The molecule has 0 aliphatic heterocycles. The van der Waals surface area contributed by atoms with E-state index in [2.05, 4.69) is 15.6 Å². The average molecular weight is 367 g/mol. The van der Waals surface area contributed by atoms with E-state index in [9.17, 15) is 31.9 Å². The second-order valence-electron chi connectivity index (χ2n) is 4.69. The number of phenols is 1. The van der Waals surface area contributed by atoms with Crippen LogP contribution in [0.4, 0.5) is 37.6 Å². The van der Waals surface area contributed by atoms with Gasteiger partial charge in [-0.15, -0.1) is 11.3 Å². The van der Waals surface area contributed by atoms with Crippen molar-refractivity contribution in [3.05, 3.63) is 34.8 Å². The maximum atomic E-state index is 13.1. The summed E-state index contributed by atoms with van der Waals surface area (Å²) in [7, 11) is 0. The van der Waals surface area contributed by atoms with Crippen LogP contribution in [0.1, 0.15) is 11.3 Å². The first-order chi connectivity index (χ1) is 11.0. The number of urea groups is 1. The molecule has 5 nitrogen and oxygen atoms in total. The van der Waals surface area contributed by atoms with Crippen molar-refractivity contribution in [1.82, 2.24) is 4.98 Å². The van der Waals surface area contributed by atoms with Crippen LogP contribution in [0.5, 0.6) is 5.75 Å². The minimum Gasteiger partial charge on any atom is -0.508 e. The molecule has 0 radical (unpaired) electrons. The lowest BCUT2D eigenvalue weighted by Gasteiger charge is -2.16. The van der Waals surface area contributed by atoms with Gasteiger partial charge in [-0.1, -0.05) is 0 Å². The largest absolute Gasteiger partial charge is 0.508 e. The molecule has 0 atom stereocenters. The lowest BCUT2D eigenvalue weighted by atomic mass is 10.2. The van der Waals surface area contributed by atoms with Crippen molar-refractivity contribution in [2.75, 3.05) is 10.6 Å². The highest BCUT2D eigenvalue weighted by Crippen LogP contribution is 2.44. The van der Waals surface area contributed by atoms with Crippen LogP contribution in [0, 0.1) is 6.92 Å². The van der Waals surface area contributed by atoms with Gasteiger partial charge in [-0.3, -0.25) is 5.32 Å². The average Bonchev–Trinajstić information content (AvgIpc) is 2.89. The third-order valence-electron chi connectivity index (χ3n) is 2.86. The van der Waals surface area contributed by atoms with Gasteiger partial charge in [0.05, 0.1) is 0 Å². The standard InChI is InChI=1S/C13H10F5N3O2S/c1-6-4-7(22)2-3-8(6)19-10(23)21-11-20-9(5-24-11)12(14,15)13(16,17)18/h2-5,22H,1H3,(H2,19,20,21,23). The van der Waals surface area contributed by atoms with Crippen molar-refractivity contribution in [2.45, 2.75) is 19.0 Å². The number of nitrogens with zero attached hydrogens (tertiary/aromatic N) is 1. The number of thiazole rings is 1. The first kappa shape index (κ1) is 17.9. The fraction of sp³-hybridized carbons (Fsp3) is 0.231. The number of anilines is 2. The van der Waals surface area contributed by atoms with E-state index in [4.69, 9.17) is 0 Å². The van der Waals surface area contributed by atoms with Crippen molar-refractivity contribution in [3.63, 3.8) is 0 Å². The molecule has 2 aromatic rings. The Labute approximate surface area is 136 Å². The van der Waals surface area contributed by atoms with Crippen LogP contribution >= 0.6 is 11.3 Å². The maximum Gasteiger partial charge on any atom is 0.459 e. The molecule has 0 spiro atoms. The van der Waals surface area contributed by atoms with E-state index in [1.807, 2.05) is 0 Å². The number of aromatic nitrogens is 1. The summed E-state index contributed by atoms with van der Waals surface area (Å²) in [5, 5.41) is 13.8. The van der Waals surface area contributed by atoms with E-state index in [-0.39, 0.29) is 5.75 Å². The van der Waals surface area contributed by atoms with Crippen molar-refractivity contribution in [3.8, 4) is 5.75 Å². The zero-order valence-electron chi connectivity index (χ0n) is 11.9. The number of phenolic OH excluding ortho intramolecular Hbond substituents is 1. The second kappa shape index (κ2) is 6.23. The smallest absolute Gasteiger partial charge is 0.459 e. The molecule has 24 heavy (non-hydrogen) atoms. The molecular weight excluding hydrogens is 357 g/mol. The minimum absolute atomic E-state index is 0.0163. The van der Waals surface area contributed by atoms with Crippen LogP contribution in [0.25, 0.3) is 0 Å². The quantitative estimate of drug-likeness (QED) is 0.554. The second-order valence-corrected chi connectivity index (χ2v) is 5.55. The van der Waals surface area contributed by atoms with Crippen LogP contribution in [0.15, 0.2) is 23.6 Å². The summed E-state index contributed by atoms with van der Waals surface area (Å²) >= 11 is 0.435. The van der Waals surface area contributed by atoms with Gasteiger partial charge in [0.15, 0.2) is 5.13 Å².